The highest BCUT2D eigenvalue weighted by Crippen LogP contribution is 2.36. The molecule has 1 aliphatic rings. The molecule has 0 saturated heterocycles. The molecule has 17 heavy (non-hydrogen) atoms. The zero-order valence-corrected chi connectivity index (χ0v) is 9.85. The van der Waals surface area contributed by atoms with Gasteiger partial charge in [0.05, 0.1) is 0 Å². The van der Waals surface area contributed by atoms with E-state index in [-0.39, 0.29) is 0 Å². The van der Waals surface area contributed by atoms with E-state index in [0.29, 0.717) is 0 Å². The summed E-state index contributed by atoms with van der Waals surface area (Å²) in [6.07, 6.45) is 4.52. The average molecular weight is 218 g/mol. The highest BCUT2D eigenvalue weighted by Gasteiger charge is 2.14. The van der Waals surface area contributed by atoms with Gasteiger partial charge < -0.3 is 0 Å². The smallest absolute Gasteiger partial charge is 0.0108 e. The van der Waals surface area contributed by atoms with Crippen LogP contribution in [-0.4, -0.2) is 0 Å². The van der Waals surface area contributed by atoms with Gasteiger partial charge in [-0.25, -0.2) is 0 Å². The lowest BCUT2D eigenvalue weighted by Crippen LogP contribution is -1.82. The Morgan fingerprint density at radius 3 is 2.35 bits per heavy atom. The molecule has 0 heteroatoms. The summed E-state index contributed by atoms with van der Waals surface area (Å²) < 4.78 is 0. The Balaban J connectivity index is 2.11. The molecule has 2 aromatic rings. The zero-order chi connectivity index (χ0) is 11.7. The maximum atomic E-state index is 2.26. The van der Waals surface area contributed by atoms with Crippen molar-refractivity contribution in [3.05, 3.63) is 76.9 Å². The van der Waals surface area contributed by atoms with Gasteiger partial charge in [0.25, 0.3) is 0 Å². The summed E-state index contributed by atoms with van der Waals surface area (Å²) in [5.74, 6) is 0. The minimum absolute atomic E-state index is 1.26. The Morgan fingerprint density at radius 1 is 0.824 bits per heavy atom. The van der Waals surface area contributed by atoms with Crippen LogP contribution in [0.4, 0.5) is 0 Å². The molecule has 0 aromatic heterocycles. The van der Waals surface area contributed by atoms with Crippen molar-refractivity contribution in [2.45, 2.75) is 6.92 Å². The van der Waals surface area contributed by atoms with Crippen LogP contribution in [0.3, 0.4) is 0 Å². The Hall–Kier alpha value is -2.08. The van der Waals surface area contributed by atoms with Crippen LogP contribution >= 0.6 is 0 Å². The van der Waals surface area contributed by atoms with Gasteiger partial charge in [-0.15, -0.1) is 0 Å². The van der Waals surface area contributed by atoms with Gasteiger partial charge in [-0.2, -0.15) is 0 Å². The normalized spacial score (nSPS) is 15.8. The SMILES string of the molecule is CC1=Cc2ccccc2C1=Cc1ccccc1. The number of hydrogen-bond acceptors (Lipinski definition) is 0. The second-order valence-corrected chi connectivity index (χ2v) is 4.38. The lowest BCUT2D eigenvalue weighted by Gasteiger charge is -2.03. The number of allylic oxidation sites excluding steroid dienone is 2. The third-order valence-electron chi connectivity index (χ3n) is 3.16. The number of hydrogen-bond donors (Lipinski definition) is 0. The minimum atomic E-state index is 1.26. The fraction of sp³-hybridized carbons (Fsp3) is 0.0588. The highest BCUT2D eigenvalue weighted by molar-refractivity contribution is 6.01. The minimum Gasteiger partial charge on any atom is -0.0622 e. The quantitative estimate of drug-likeness (QED) is 0.654. The summed E-state index contributed by atoms with van der Waals surface area (Å²) in [6, 6.07) is 19.0. The average Bonchev–Trinajstić information content (AvgIpc) is 2.68. The van der Waals surface area contributed by atoms with Crippen molar-refractivity contribution >= 4 is 17.7 Å². The molecule has 0 aliphatic heterocycles. The van der Waals surface area contributed by atoms with Crippen LogP contribution in [0.2, 0.25) is 0 Å². The molecule has 0 N–H and O–H groups in total. The van der Waals surface area contributed by atoms with Gasteiger partial charge in [0, 0.05) is 0 Å². The molecule has 0 nitrogen and oxygen atoms in total. The first-order valence-corrected chi connectivity index (χ1v) is 5.89. The van der Waals surface area contributed by atoms with Crippen LogP contribution in [0, 0.1) is 0 Å². The lowest BCUT2D eigenvalue weighted by atomic mass is 10.0. The maximum absolute atomic E-state index is 2.26. The Bertz CT molecular complexity index is 601. The second-order valence-electron chi connectivity index (χ2n) is 4.38. The van der Waals surface area contributed by atoms with Crippen LogP contribution in [0.15, 0.2) is 60.2 Å². The molecule has 82 valence electrons. The largest absolute Gasteiger partial charge is 0.0622 e. The predicted octanol–water partition coefficient (Wildman–Crippen LogP) is 4.64. The van der Waals surface area contributed by atoms with Crippen molar-refractivity contribution in [2.75, 3.05) is 0 Å². The fourth-order valence-electron chi connectivity index (χ4n) is 2.30. The summed E-state index contributed by atoms with van der Waals surface area (Å²) >= 11 is 0. The van der Waals surface area contributed by atoms with Crippen LogP contribution in [0.25, 0.3) is 17.7 Å². The third-order valence-corrected chi connectivity index (χ3v) is 3.16. The van der Waals surface area contributed by atoms with Crippen LogP contribution in [0.5, 0.6) is 0 Å². The molecular weight excluding hydrogens is 204 g/mol. The molecule has 0 bridgehead atoms. The molecule has 0 heterocycles. The number of rotatable bonds is 1. The lowest BCUT2D eigenvalue weighted by molar-refractivity contribution is 1.58. The molecule has 0 radical (unpaired) electrons. The first kappa shape index (κ1) is 10.1. The Labute approximate surface area is 102 Å². The van der Waals surface area contributed by atoms with Crippen molar-refractivity contribution in [2.24, 2.45) is 0 Å². The van der Waals surface area contributed by atoms with E-state index in [4.69, 9.17) is 0 Å². The highest BCUT2D eigenvalue weighted by atomic mass is 14.2. The molecule has 0 saturated carbocycles. The standard InChI is InChI=1S/C17H14/c1-13-11-15-9-5-6-10-16(15)17(13)12-14-7-3-2-4-8-14/h2-12H,1H3. The van der Waals surface area contributed by atoms with E-state index in [2.05, 4.69) is 67.6 Å². The molecule has 3 rings (SSSR count). The van der Waals surface area contributed by atoms with E-state index in [1.807, 2.05) is 6.07 Å². The number of benzene rings is 2. The summed E-state index contributed by atoms with van der Waals surface area (Å²) in [5, 5.41) is 0. The van der Waals surface area contributed by atoms with E-state index in [1.54, 1.807) is 0 Å². The van der Waals surface area contributed by atoms with E-state index in [1.165, 1.54) is 27.8 Å². The van der Waals surface area contributed by atoms with E-state index in [0.717, 1.165) is 0 Å². The van der Waals surface area contributed by atoms with Gasteiger partial charge in [0.2, 0.25) is 0 Å². The summed E-state index contributed by atoms with van der Waals surface area (Å²) in [7, 11) is 0. The van der Waals surface area contributed by atoms with Gasteiger partial charge in [0.1, 0.15) is 0 Å². The molecule has 0 atom stereocenters. The van der Waals surface area contributed by atoms with Crippen molar-refractivity contribution in [3.63, 3.8) is 0 Å². The third kappa shape index (κ3) is 1.83. The Kier molecular flexibility index (Phi) is 2.41. The van der Waals surface area contributed by atoms with E-state index in [9.17, 15) is 0 Å². The van der Waals surface area contributed by atoms with Crippen LogP contribution in [0.1, 0.15) is 23.6 Å². The summed E-state index contributed by atoms with van der Waals surface area (Å²) in [6.45, 7) is 2.18. The second kappa shape index (κ2) is 4.06. The first-order valence-electron chi connectivity index (χ1n) is 5.89. The molecule has 0 amide bonds. The van der Waals surface area contributed by atoms with Gasteiger partial charge in [-0.3, -0.25) is 0 Å². The molecule has 0 unspecified atom stereocenters. The monoisotopic (exact) mass is 218 g/mol. The zero-order valence-electron chi connectivity index (χ0n) is 9.85. The molecule has 1 aliphatic carbocycles. The van der Waals surface area contributed by atoms with Crippen LogP contribution < -0.4 is 0 Å². The van der Waals surface area contributed by atoms with Gasteiger partial charge in [-0.1, -0.05) is 60.7 Å². The number of fused-ring (bicyclic) bond motifs is 1. The predicted molar refractivity (Wildman–Crippen MR) is 74.4 cm³/mol. The van der Waals surface area contributed by atoms with Gasteiger partial charge >= 0.3 is 0 Å². The van der Waals surface area contributed by atoms with E-state index >= 15 is 0 Å². The molecule has 2 aromatic carbocycles. The maximum Gasteiger partial charge on any atom is -0.0108 e. The topological polar surface area (TPSA) is 0 Å². The van der Waals surface area contributed by atoms with Crippen molar-refractivity contribution in [1.82, 2.24) is 0 Å². The van der Waals surface area contributed by atoms with Crippen LogP contribution in [-0.2, 0) is 0 Å². The van der Waals surface area contributed by atoms with Gasteiger partial charge in [0.15, 0.2) is 0 Å². The fourth-order valence-corrected chi connectivity index (χ4v) is 2.30. The van der Waals surface area contributed by atoms with Gasteiger partial charge in [-0.05, 0) is 40.8 Å². The van der Waals surface area contributed by atoms with E-state index < -0.39 is 0 Å². The molecule has 0 spiro atoms. The molecular formula is C17H14. The Morgan fingerprint density at radius 2 is 1.53 bits per heavy atom. The van der Waals surface area contributed by atoms with Crippen molar-refractivity contribution < 1.29 is 0 Å². The van der Waals surface area contributed by atoms with Crippen molar-refractivity contribution in [1.29, 1.82) is 0 Å². The summed E-state index contributed by atoms with van der Waals surface area (Å²) in [5.41, 5.74) is 6.61. The van der Waals surface area contributed by atoms with Crippen molar-refractivity contribution in [3.8, 4) is 0 Å². The first-order chi connectivity index (χ1) is 8.34. The summed E-state index contributed by atoms with van der Waals surface area (Å²) in [4.78, 5) is 0. The molecule has 0 fully saturated rings.